The molecule has 1 heterocycles. The molecule has 0 unspecified atom stereocenters. The van der Waals surface area contributed by atoms with Gasteiger partial charge in [-0.1, -0.05) is 0 Å². The van der Waals surface area contributed by atoms with Gasteiger partial charge in [-0.25, -0.2) is 0 Å². The summed E-state index contributed by atoms with van der Waals surface area (Å²) < 4.78 is 9.81. The van der Waals surface area contributed by atoms with Crippen LogP contribution in [0.4, 0.5) is 5.88 Å². The van der Waals surface area contributed by atoms with E-state index in [0.717, 1.165) is 0 Å². The summed E-state index contributed by atoms with van der Waals surface area (Å²) >= 11 is 0. The first kappa shape index (κ1) is 14.2. The van der Waals surface area contributed by atoms with E-state index in [9.17, 15) is 14.9 Å². The largest absolute Gasteiger partial charge is 0.466 e. The van der Waals surface area contributed by atoms with Gasteiger partial charge in [0, 0.05) is 6.54 Å². The van der Waals surface area contributed by atoms with Crippen LogP contribution in [0, 0.1) is 10.1 Å². The highest BCUT2D eigenvalue weighted by atomic mass is 16.6. The predicted octanol–water partition coefficient (Wildman–Crippen LogP) is 1.57. The van der Waals surface area contributed by atoms with E-state index in [1.807, 2.05) is 4.90 Å². The van der Waals surface area contributed by atoms with Crippen molar-refractivity contribution < 1.29 is 18.9 Å². The van der Waals surface area contributed by atoms with Gasteiger partial charge in [0.15, 0.2) is 0 Å². The van der Waals surface area contributed by atoms with Crippen molar-refractivity contribution in [2.75, 3.05) is 20.2 Å². The van der Waals surface area contributed by atoms with Gasteiger partial charge in [0.1, 0.15) is 10.7 Å². The zero-order chi connectivity index (χ0) is 13.5. The Hall–Kier alpha value is -1.89. The summed E-state index contributed by atoms with van der Waals surface area (Å²) in [7, 11) is 1.80. The van der Waals surface area contributed by atoms with Crippen LogP contribution in [-0.4, -0.2) is 36.0 Å². The predicted molar refractivity (Wildman–Crippen MR) is 62.9 cm³/mol. The second kappa shape index (κ2) is 6.75. The average molecular weight is 256 g/mol. The number of hydrogen-bond acceptors (Lipinski definition) is 6. The molecule has 0 fully saturated rings. The van der Waals surface area contributed by atoms with Gasteiger partial charge in [-0.2, -0.15) is 0 Å². The van der Waals surface area contributed by atoms with Crippen molar-refractivity contribution in [3.8, 4) is 0 Å². The van der Waals surface area contributed by atoms with E-state index in [0.29, 0.717) is 25.5 Å². The summed E-state index contributed by atoms with van der Waals surface area (Å²) in [6.45, 7) is 3.04. The number of carbonyl (C=O) groups is 1. The number of rotatable bonds is 7. The van der Waals surface area contributed by atoms with Crippen LogP contribution in [0.5, 0.6) is 0 Å². The lowest BCUT2D eigenvalue weighted by Gasteiger charge is -2.13. The lowest BCUT2D eigenvalue weighted by molar-refractivity contribution is -0.402. The Labute approximate surface area is 104 Å². The first-order chi connectivity index (χ1) is 8.52. The van der Waals surface area contributed by atoms with Crippen molar-refractivity contribution >= 4 is 11.9 Å². The van der Waals surface area contributed by atoms with Crippen molar-refractivity contribution in [2.45, 2.75) is 19.9 Å². The van der Waals surface area contributed by atoms with Crippen LogP contribution in [0.3, 0.4) is 0 Å². The second-order valence-corrected chi connectivity index (χ2v) is 3.79. The Morgan fingerprint density at radius 2 is 2.28 bits per heavy atom. The van der Waals surface area contributed by atoms with E-state index in [1.54, 1.807) is 20.0 Å². The van der Waals surface area contributed by atoms with Crippen LogP contribution >= 0.6 is 0 Å². The molecular formula is C11H16N2O5. The molecule has 0 aliphatic rings. The Kier molecular flexibility index (Phi) is 5.31. The Balaban J connectivity index is 2.37. The van der Waals surface area contributed by atoms with Crippen LogP contribution in [0.1, 0.15) is 19.1 Å². The van der Waals surface area contributed by atoms with Gasteiger partial charge in [-0.05, 0) is 20.0 Å². The van der Waals surface area contributed by atoms with Crippen molar-refractivity contribution in [2.24, 2.45) is 0 Å². The minimum absolute atomic E-state index is 0.255. The molecule has 1 aromatic heterocycles. The van der Waals surface area contributed by atoms with Gasteiger partial charge in [-0.15, -0.1) is 0 Å². The fourth-order valence-electron chi connectivity index (χ4n) is 1.41. The van der Waals surface area contributed by atoms with E-state index < -0.39 is 4.92 Å². The lowest BCUT2D eigenvalue weighted by Crippen LogP contribution is -2.22. The number of esters is 1. The molecule has 18 heavy (non-hydrogen) atoms. The second-order valence-electron chi connectivity index (χ2n) is 3.79. The topological polar surface area (TPSA) is 85.8 Å². The van der Waals surface area contributed by atoms with Gasteiger partial charge >= 0.3 is 11.9 Å². The Bertz CT molecular complexity index is 415. The molecule has 0 bridgehead atoms. The Morgan fingerprint density at radius 3 is 2.83 bits per heavy atom. The fourth-order valence-corrected chi connectivity index (χ4v) is 1.41. The zero-order valence-electron chi connectivity index (χ0n) is 10.4. The van der Waals surface area contributed by atoms with Crippen LogP contribution in [0.25, 0.3) is 0 Å². The maximum Gasteiger partial charge on any atom is 0.433 e. The fraction of sp³-hybridized carbons (Fsp3) is 0.545. The van der Waals surface area contributed by atoms with Crippen molar-refractivity contribution in [3.05, 3.63) is 28.0 Å². The maximum atomic E-state index is 11.1. The Morgan fingerprint density at radius 1 is 1.56 bits per heavy atom. The molecule has 0 aliphatic heterocycles. The SMILES string of the molecule is CCOC(=O)CCN(C)Cc1ccc([N+](=O)[O-])o1. The highest BCUT2D eigenvalue weighted by Crippen LogP contribution is 2.16. The number of furan rings is 1. The third-order valence-corrected chi connectivity index (χ3v) is 2.26. The quantitative estimate of drug-likeness (QED) is 0.418. The van der Waals surface area contributed by atoms with Gasteiger partial charge in [0.2, 0.25) is 0 Å². The van der Waals surface area contributed by atoms with E-state index in [1.165, 1.54) is 6.07 Å². The summed E-state index contributed by atoms with van der Waals surface area (Å²) in [6.07, 6.45) is 0.285. The summed E-state index contributed by atoms with van der Waals surface area (Å²) in [4.78, 5) is 22.8. The van der Waals surface area contributed by atoms with Crippen LogP contribution in [0.2, 0.25) is 0 Å². The van der Waals surface area contributed by atoms with Crippen molar-refractivity contribution in [1.82, 2.24) is 4.90 Å². The van der Waals surface area contributed by atoms with Crippen molar-refractivity contribution in [3.63, 3.8) is 0 Å². The molecule has 7 heteroatoms. The molecule has 100 valence electrons. The van der Waals surface area contributed by atoms with Crippen molar-refractivity contribution in [1.29, 1.82) is 0 Å². The molecule has 0 amide bonds. The van der Waals surface area contributed by atoms with Crippen LogP contribution in [-0.2, 0) is 16.1 Å². The molecule has 0 saturated heterocycles. The van der Waals surface area contributed by atoms with Gasteiger partial charge in [0.05, 0.1) is 25.6 Å². The molecule has 0 atom stereocenters. The van der Waals surface area contributed by atoms with Gasteiger partial charge < -0.3 is 9.15 Å². The first-order valence-corrected chi connectivity index (χ1v) is 5.60. The van der Waals surface area contributed by atoms with E-state index >= 15 is 0 Å². The first-order valence-electron chi connectivity index (χ1n) is 5.60. The smallest absolute Gasteiger partial charge is 0.433 e. The third-order valence-electron chi connectivity index (χ3n) is 2.26. The highest BCUT2D eigenvalue weighted by Gasteiger charge is 2.13. The van der Waals surface area contributed by atoms with Crippen LogP contribution < -0.4 is 0 Å². The summed E-state index contributed by atoms with van der Waals surface area (Å²) in [5.74, 6) is -0.0355. The molecule has 0 saturated carbocycles. The molecule has 0 aromatic carbocycles. The molecular weight excluding hydrogens is 240 g/mol. The third kappa shape index (κ3) is 4.54. The minimum Gasteiger partial charge on any atom is -0.466 e. The maximum absolute atomic E-state index is 11.1. The lowest BCUT2D eigenvalue weighted by atomic mass is 10.3. The number of nitro groups is 1. The summed E-state index contributed by atoms with van der Waals surface area (Å²) in [5, 5.41) is 10.4. The highest BCUT2D eigenvalue weighted by molar-refractivity contribution is 5.69. The summed E-state index contributed by atoms with van der Waals surface area (Å²) in [6, 6.07) is 2.87. The normalized spacial score (nSPS) is 10.6. The molecule has 1 rings (SSSR count). The van der Waals surface area contributed by atoms with Gasteiger partial charge in [-0.3, -0.25) is 19.8 Å². The minimum atomic E-state index is -0.581. The standard InChI is InChI=1S/C11H16N2O5/c1-3-17-11(14)6-7-12(2)8-9-4-5-10(18-9)13(15)16/h4-5H,3,6-8H2,1-2H3. The monoisotopic (exact) mass is 256 g/mol. The number of ether oxygens (including phenoxy) is 1. The molecule has 0 spiro atoms. The molecule has 0 aliphatic carbocycles. The zero-order valence-corrected chi connectivity index (χ0v) is 10.4. The molecule has 0 radical (unpaired) electrons. The van der Waals surface area contributed by atoms with E-state index in [2.05, 4.69) is 0 Å². The van der Waals surface area contributed by atoms with Crippen LogP contribution in [0.15, 0.2) is 16.5 Å². The molecule has 7 nitrogen and oxygen atoms in total. The summed E-state index contributed by atoms with van der Waals surface area (Å²) in [5.41, 5.74) is 0. The van der Waals surface area contributed by atoms with E-state index in [4.69, 9.17) is 9.15 Å². The van der Waals surface area contributed by atoms with Gasteiger partial charge in [0.25, 0.3) is 0 Å². The van der Waals surface area contributed by atoms with E-state index in [-0.39, 0.29) is 18.3 Å². The molecule has 0 N–H and O–H groups in total. The molecule has 1 aromatic rings. The number of hydrogen-bond donors (Lipinski definition) is 0. The number of nitrogens with zero attached hydrogens (tertiary/aromatic N) is 2. The number of carbonyl (C=O) groups excluding carboxylic acids is 1. The average Bonchev–Trinajstić information content (AvgIpc) is 2.75.